The second kappa shape index (κ2) is 12.8. The number of nitrogens with one attached hydrogen (secondary N) is 1. The van der Waals surface area contributed by atoms with E-state index in [0.29, 0.717) is 47.1 Å². The van der Waals surface area contributed by atoms with Gasteiger partial charge >= 0.3 is 0 Å². The third kappa shape index (κ3) is 6.97. The number of hydrogen-bond acceptors (Lipinski definition) is 5. The van der Waals surface area contributed by atoms with Gasteiger partial charge in [-0.2, -0.15) is 5.26 Å². The van der Waals surface area contributed by atoms with Crippen molar-refractivity contribution in [2.45, 2.75) is 20.0 Å². The first kappa shape index (κ1) is 26.0. The van der Waals surface area contributed by atoms with E-state index in [1.165, 1.54) is 25.3 Å². The summed E-state index contributed by atoms with van der Waals surface area (Å²) in [5.41, 5.74) is 2.46. The maximum absolute atomic E-state index is 13.5. The summed E-state index contributed by atoms with van der Waals surface area (Å²) >= 11 is 0. The van der Waals surface area contributed by atoms with Gasteiger partial charge < -0.3 is 19.5 Å². The maximum atomic E-state index is 13.5. The number of allylic oxidation sites excluding steroid dienone is 1. The van der Waals surface area contributed by atoms with Crippen LogP contribution < -0.4 is 19.5 Å². The molecule has 0 unspecified atom stereocenters. The molecule has 0 bridgehead atoms. The van der Waals surface area contributed by atoms with Crippen molar-refractivity contribution in [3.63, 3.8) is 0 Å². The Balaban J connectivity index is 1.85. The topological polar surface area (TPSA) is 80.6 Å². The Bertz CT molecular complexity index is 1290. The quantitative estimate of drug-likeness (QED) is 0.202. The Hall–Kier alpha value is -4.57. The fraction of sp³-hybridized carbons (Fsp3) is 0.172. The number of nitrogens with zero attached hydrogens (tertiary/aromatic N) is 1. The van der Waals surface area contributed by atoms with Crippen molar-refractivity contribution in [2.24, 2.45) is 0 Å². The third-order valence-electron chi connectivity index (χ3n) is 5.11. The van der Waals surface area contributed by atoms with Gasteiger partial charge in [0.15, 0.2) is 11.5 Å². The number of carbonyl (C=O) groups is 1. The Morgan fingerprint density at radius 2 is 1.92 bits per heavy atom. The number of carbonyl (C=O) groups excluding carboxylic acids is 1. The van der Waals surface area contributed by atoms with Crippen molar-refractivity contribution in [2.75, 3.05) is 19.0 Å². The standard InChI is InChI=1S/C29H27FN2O4/c1-4-7-22-14-21(17-27(34-3)28(22)36-19-20-8-6-9-24(30)16-20)15-23(18-31)29(33)32-25-10-12-26(13-11-25)35-5-2/h4,6,8-17H,1,5,7,19H2,2-3H3,(H,32,33)/b23-15+. The second-order valence-corrected chi connectivity index (χ2v) is 7.70. The minimum atomic E-state index is -0.544. The van der Waals surface area contributed by atoms with Crippen LogP contribution >= 0.6 is 0 Å². The molecule has 0 aliphatic rings. The molecule has 0 saturated heterocycles. The molecule has 0 saturated carbocycles. The fourth-order valence-corrected chi connectivity index (χ4v) is 3.49. The lowest BCUT2D eigenvalue weighted by Crippen LogP contribution is -2.13. The van der Waals surface area contributed by atoms with Crippen molar-refractivity contribution >= 4 is 17.7 Å². The van der Waals surface area contributed by atoms with Crippen LogP contribution in [0.5, 0.6) is 17.2 Å². The summed E-state index contributed by atoms with van der Waals surface area (Å²) < 4.78 is 30.4. The first-order valence-electron chi connectivity index (χ1n) is 11.3. The highest BCUT2D eigenvalue weighted by Crippen LogP contribution is 2.35. The van der Waals surface area contributed by atoms with Gasteiger partial charge in [-0.3, -0.25) is 4.79 Å². The molecule has 1 amide bonds. The molecule has 0 aliphatic heterocycles. The van der Waals surface area contributed by atoms with E-state index in [2.05, 4.69) is 11.9 Å². The Kier molecular flexibility index (Phi) is 9.24. The van der Waals surface area contributed by atoms with Gasteiger partial charge in [0, 0.05) is 11.3 Å². The lowest BCUT2D eigenvalue weighted by molar-refractivity contribution is -0.112. The van der Waals surface area contributed by atoms with Crippen molar-refractivity contribution in [1.82, 2.24) is 0 Å². The summed E-state index contributed by atoms with van der Waals surface area (Å²) in [6, 6.07) is 18.5. The fourth-order valence-electron chi connectivity index (χ4n) is 3.49. The first-order valence-corrected chi connectivity index (χ1v) is 11.3. The van der Waals surface area contributed by atoms with Gasteiger partial charge in [-0.25, -0.2) is 4.39 Å². The summed E-state index contributed by atoms with van der Waals surface area (Å²) in [6.07, 6.45) is 3.65. The molecule has 0 radical (unpaired) electrons. The molecular formula is C29H27FN2O4. The number of benzene rings is 3. The highest BCUT2D eigenvalue weighted by molar-refractivity contribution is 6.09. The van der Waals surface area contributed by atoms with Gasteiger partial charge in [0.05, 0.1) is 13.7 Å². The van der Waals surface area contributed by atoms with Gasteiger partial charge in [-0.05, 0) is 79.1 Å². The SMILES string of the molecule is C=CCc1cc(/C=C(\C#N)C(=O)Nc2ccc(OCC)cc2)cc(OC)c1OCc1cccc(F)c1. The molecular weight excluding hydrogens is 459 g/mol. The molecule has 0 spiro atoms. The van der Waals surface area contributed by atoms with E-state index in [1.54, 1.807) is 54.6 Å². The van der Waals surface area contributed by atoms with E-state index in [-0.39, 0.29) is 18.0 Å². The van der Waals surface area contributed by atoms with Crippen LogP contribution in [-0.2, 0) is 17.8 Å². The van der Waals surface area contributed by atoms with Gasteiger partial charge in [0.2, 0.25) is 0 Å². The molecule has 3 rings (SSSR count). The van der Waals surface area contributed by atoms with Gasteiger partial charge in [-0.1, -0.05) is 18.2 Å². The largest absolute Gasteiger partial charge is 0.494 e. The zero-order chi connectivity index (χ0) is 25.9. The number of nitriles is 1. The lowest BCUT2D eigenvalue weighted by atomic mass is 10.0. The number of ether oxygens (including phenoxy) is 3. The molecule has 0 atom stereocenters. The Labute approximate surface area is 210 Å². The van der Waals surface area contributed by atoms with Crippen molar-refractivity contribution in [3.05, 3.63) is 101 Å². The van der Waals surface area contributed by atoms with Crippen LogP contribution in [0.15, 0.2) is 78.9 Å². The maximum Gasteiger partial charge on any atom is 0.266 e. The Morgan fingerprint density at radius 3 is 2.56 bits per heavy atom. The molecule has 0 fully saturated rings. The van der Waals surface area contributed by atoms with Crippen LogP contribution in [-0.4, -0.2) is 19.6 Å². The zero-order valence-electron chi connectivity index (χ0n) is 20.2. The lowest BCUT2D eigenvalue weighted by Gasteiger charge is -2.16. The summed E-state index contributed by atoms with van der Waals surface area (Å²) in [5, 5.41) is 12.4. The summed E-state index contributed by atoms with van der Waals surface area (Å²) in [6.45, 7) is 6.36. The number of amides is 1. The van der Waals surface area contributed by atoms with Crippen molar-refractivity contribution in [1.29, 1.82) is 5.26 Å². The molecule has 6 nitrogen and oxygen atoms in total. The number of rotatable bonds is 11. The molecule has 7 heteroatoms. The van der Waals surface area contributed by atoms with Crippen molar-refractivity contribution in [3.8, 4) is 23.3 Å². The van der Waals surface area contributed by atoms with E-state index in [9.17, 15) is 14.4 Å². The minimum absolute atomic E-state index is 0.0797. The molecule has 3 aromatic rings. The van der Waals surface area contributed by atoms with Crippen LogP contribution in [0, 0.1) is 17.1 Å². The normalized spacial score (nSPS) is 10.8. The predicted octanol–water partition coefficient (Wildman–Crippen LogP) is 6.09. The molecule has 1 N–H and O–H groups in total. The van der Waals surface area contributed by atoms with E-state index >= 15 is 0 Å². The summed E-state index contributed by atoms with van der Waals surface area (Å²) in [4.78, 5) is 12.7. The Morgan fingerprint density at radius 1 is 1.14 bits per heavy atom. The monoisotopic (exact) mass is 486 g/mol. The van der Waals surface area contributed by atoms with Gasteiger partial charge in [0.1, 0.15) is 29.8 Å². The van der Waals surface area contributed by atoms with Crippen LogP contribution in [0.2, 0.25) is 0 Å². The molecule has 36 heavy (non-hydrogen) atoms. The van der Waals surface area contributed by atoms with Gasteiger partial charge in [0.25, 0.3) is 5.91 Å². The third-order valence-corrected chi connectivity index (χ3v) is 5.11. The van der Waals surface area contributed by atoms with Crippen LogP contribution in [0.4, 0.5) is 10.1 Å². The second-order valence-electron chi connectivity index (χ2n) is 7.70. The molecule has 0 heterocycles. The molecule has 184 valence electrons. The molecule has 3 aromatic carbocycles. The zero-order valence-corrected chi connectivity index (χ0v) is 20.2. The highest BCUT2D eigenvalue weighted by atomic mass is 19.1. The predicted molar refractivity (Wildman–Crippen MR) is 137 cm³/mol. The van der Waals surface area contributed by atoms with Crippen LogP contribution in [0.25, 0.3) is 6.08 Å². The summed E-state index contributed by atoms with van der Waals surface area (Å²) in [5.74, 6) is 0.699. The average molecular weight is 487 g/mol. The van der Waals surface area contributed by atoms with Crippen molar-refractivity contribution < 1.29 is 23.4 Å². The van der Waals surface area contributed by atoms with Gasteiger partial charge in [-0.15, -0.1) is 6.58 Å². The van der Waals surface area contributed by atoms with Crippen LogP contribution in [0.3, 0.4) is 0 Å². The number of halogens is 1. The summed E-state index contributed by atoms with van der Waals surface area (Å²) in [7, 11) is 1.50. The van der Waals surface area contributed by atoms with E-state index in [4.69, 9.17) is 14.2 Å². The van der Waals surface area contributed by atoms with E-state index in [0.717, 1.165) is 5.56 Å². The number of anilines is 1. The number of hydrogen-bond donors (Lipinski definition) is 1. The molecule has 0 aromatic heterocycles. The molecule has 0 aliphatic carbocycles. The number of methoxy groups -OCH3 is 1. The average Bonchev–Trinajstić information content (AvgIpc) is 2.87. The first-order chi connectivity index (χ1) is 17.5. The van der Waals surface area contributed by atoms with E-state index < -0.39 is 5.91 Å². The minimum Gasteiger partial charge on any atom is -0.494 e. The smallest absolute Gasteiger partial charge is 0.266 e. The van der Waals surface area contributed by atoms with Crippen LogP contribution in [0.1, 0.15) is 23.6 Å². The van der Waals surface area contributed by atoms with E-state index in [1.807, 2.05) is 13.0 Å². The highest BCUT2D eigenvalue weighted by Gasteiger charge is 2.15.